The summed E-state index contributed by atoms with van der Waals surface area (Å²) in [7, 11) is -5.60. The van der Waals surface area contributed by atoms with Crippen molar-refractivity contribution in [2.45, 2.75) is 25.8 Å². The van der Waals surface area contributed by atoms with E-state index < -0.39 is 23.9 Å². The van der Waals surface area contributed by atoms with Crippen LogP contribution in [0.25, 0.3) is 11.3 Å². The summed E-state index contributed by atoms with van der Waals surface area (Å²) >= 11 is 1.45. The van der Waals surface area contributed by atoms with E-state index in [0.717, 1.165) is 25.5 Å². The number of anilines is 2. The second-order valence-electron chi connectivity index (χ2n) is 8.31. The zero-order valence-electron chi connectivity index (χ0n) is 18.1. The highest BCUT2D eigenvalue weighted by molar-refractivity contribution is 7.92. The van der Waals surface area contributed by atoms with Gasteiger partial charge in [-0.15, -0.1) is 0 Å². The highest BCUT2D eigenvalue weighted by atomic mass is 32.2. The Kier molecular flexibility index (Phi) is 5.93. The molecule has 0 radical (unpaired) electrons. The molecule has 34 heavy (non-hydrogen) atoms. The first-order valence-electron chi connectivity index (χ1n) is 10.5. The molecule has 1 aromatic carbocycles. The van der Waals surface area contributed by atoms with Crippen LogP contribution < -0.4 is 20.9 Å². The second kappa shape index (κ2) is 8.77. The van der Waals surface area contributed by atoms with Gasteiger partial charge in [0.15, 0.2) is 14.0 Å². The van der Waals surface area contributed by atoms with Gasteiger partial charge < -0.3 is 15.3 Å². The summed E-state index contributed by atoms with van der Waals surface area (Å²) in [5, 5.41) is 22.6. The summed E-state index contributed by atoms with van der Waals surface area (Å²) in [6.45, 7) is 0.423. The van der Waals surface area contributed by atoms with Gasteiger partial charge in [0.2, 0.25) is 10.0 Å². The number of aromatic nitrogens is 2. The van der Waals surface area contributed by atoms with Crippen molar-refractivity contribution in [2.24, 2.45) is 10.7 Å². The molecule has 3 heterocycles. The van der Waals surface area contributed by atoms with Crippen molar-refractivity contribution in [1.82, 2.24) is 9.78 Å². The average molecular weight is 520 g/mol. The summed E-state index contributed by atoms with van der Waals surface area (Å²) in [6.07, 6.45) is 4.15. The normalized spacial score (nSPS) is 17.6. The summed E-state index contributed by atoms with van der Waals surface area (Å²) in [5.74, 6) is 0.332. The predicted octanol–water partition coefficient (Wildman–Crippen LogP) is 2.65. The van der Waals surface area contributed by atoms with Crippen LogP contribution in [0.2, 0.25) is 0 Å². The first kappa shape index (κ1) is 23.0. The fourth-order valence-corrected chi connectivity index (χ4v) is 5.97. The fraction of sp³-hybridized carbons (Fsp3) is 0.286. The van der Waals surface area contributed by atoms with Crippen LogP contribution in [0, 0.1) is 5.92 Å². The zero-order chi connectivity index (χ0) is 24.0. The SMILES string of the molecule is CS(=O)(=O)Nc1ccc2c(c1)P(O)N=C(c1c(O)c(-c3ccsc3)nn(CCC3CC3)c1=O)N2. The summed E-state index contributed by atoms with van der Waals surface area (Å²) in [4.78, 5) is 24.1. The van der Waals surface area contributed by atoms with Gasteiger partial charge in [-0.1, -0.05) is 12.8 Å². The maximum absolute atomic E-state index is 13.3. The number of aromatic hydroxyl groups is 1. The van der Waals surface area contributed by atoms with Crippen LogP contribution in [0.3, 0.4) is 0 Å². The van der Waals surface area contributed by atoms with Gasteiger partial charge in [0.05, 0.1) is 17.2 Å². The van der Waals surface area contributed by atoms with Crippen LogP contribution in [0.1, 0.15) is 24.8 Å². The Labute approximate surface area is 200 Å². The van der Waals surface area contributed by atoms with E-state index in [4.69, 9.17) is 0 Å². The lowest BCUT2D eigenvalue weighted by Gasteiger charge is -2.23. The van der Waals surface area contributed by atoms with E-state index in [2.05, 4.69) is 19.9 Å². The van der Waals surface area contributed by atoms with E-state index in [9.17, 15) is 23.2 Å². The molecule has 0 saturated heterocycles. The van der Waals surface area contributed by atoms with Gasteiger partial charge >= 0.3 is 0 Å². The minimum absolute atomic E-state index is 0.0477. The highest BCUT2D eigenvalue weighted by Gasteiger charge is 2.29. The smallest absolute Gasteiger partial charge is 0.281 e. The first-order chi connectivity index (χ1) is 16.2. The van der Waals surface area contributed by atoms with E-state index in [-0.39, 0.29) is 28.5 Å². The molecule has 0 spiro atoms. The van der Waals surface area contributed by atoms with Crippen LogP contribution in [-0.2, 0) is 16.6 Å². The number of thiophene rings is 1. The number of aryl methyl sites for hydroxylation is 1. The van der Waals surface area contributed by atoms with Crippen molar-refractivity contribution in [1.29, 1.82) is 0 Å². The van der Waals surface area contributed by atoms with Crippen LogP contribution in [0.15, 0.2) is 44.6 Å². The molecule has 0 bridgehead atoms. The van der Waals surface area contributed by atoms with Crippen molar-refractivity contribution in [3.8, 4) is 17.0 Å². The number of hydrogen-bond acceptors (Lipinski definition) is 9. The molecule has 1 atom stereocenters. The molecule has 3 aromatic rings. The Morgan fingerprint density at radius 3 is 2.79 bits per heavy atom. The summed E-state index contributed by atoms with van der Waals surface area (Å²) in [6, 6.07) is 6.43. The monoisotopic (exact) mass is 519 g/mol. The number of hydrogen-bond donors (Lipinski definition) is 4. The fourth-order valence-electron chi connectivity index (χ4n) is 3.73. The highest BCUT2D eigenvalue weighted by Crippen LogP contribution is 2.41. The number of nitrogens with zero attached hydrogens (tertiary/aromatic N) is 3. The molecule has 4 N–H and O–H groups in total. The molecule has 178 valence electrons. The minimum atomic E-state index is -3.49. The molecule has 1 aliphatic heterocycles. The number of amidine groups is 1. The average Bonchev–Trinajstić information content (AvgIpc) is 3.44. The van der Waals surface area contributed by atoms with Gasteiger partial charge in [-0.2, -0.15) is 16.4 Å². The number of benzene rings is 1. The van der Waals surface area contributed by atoms with Crippen LogP contribution in [-0.4, -0.2) is 40.3 Å². The zero-order valence-corrected chi connectivity index (χ0v) is 20.6. The molecule has 1 fully saturated rings. The molecule has 1 aliphatic carbocycles. The quantitative estimate of drug-likeness (QED) is 0.351. The number of sulfonamides is 1. The molecule has 2 aromatic heterocycles. The van der Waals surface area contributed by atoms with Gasteiger partial charge in [-0.3, -0.25) is 9.52 Å². The van der Waals surface area contributed by atoms with Gasteiger partial charge in [-0.05, 0) is 42.0 Å². The molecular weight excluding hydrogens is 497 g/mol. The van der Waals surface area contributed by atoms with Crippen LogP contribution >= 0.6 is 19.6 Å². The number of rotatable bonds is 7. The van der Waals surface area contributed by atoms with Crippen molar-refractivity contribution in [3.05, 3.63) is 50.9 Å². The van der Waals surface area contributed by atoms with Gasteiger partial charge in [-0.25, -0.2) is 17.9 Å². The Balaban J connectivity index is 1.57. The number of fused-ring (bicyclic) bond motifs is 1. The summed E-state index contributed by atoms with van der Waals surface area (Å²) in [5.41, 5.74) is 1.16. The van der Waals surface area contributed by atoms with Gasteiger partial charge in [0.1, 0.15) is 17.1 Å². The molecule has 1 unspecified atom stereocenters. The second-order valence-corrected chi connectivity index (χ2v) is 12.1. The van der Waals surface area contributed by atoms with Crippen molar-refractivity contribution >= 4 is 52.2 Å². The molecule has 0 amide bonds. The molecule has 13 heteroatoms. The maximum atomic E-state index is 13.3. The first-order valence-corrected chi connectivity index (χ1v) is 14.6. The lowest BCUT2D eigenvalue weighted by molar-refractivity contribution is 0.455. The predicted molar refractivity (Wildman–Crippen MR) is 135 cm³/mol. The Bertz CT molecular complexity index is 1450. The molecule has 10 nitrogen and oxygen atoms in total. The van der Waals surface area contributed by atoms with E-state index in [1.807, 2.05) is 16.8 Å². The lowest BCUT2D eigenvalue weighted by Crippen LogP contribution is -2.34. The van der Waals surface area contributed by atoms with Crippen LogP contribution in [0.5, 0.6) is 5.75 Å². The third kappa shape index (κ3) is 4.72. The molecule has 5 rings (SSSR count). The van der Waals surface area contributed by atoms with Crippen LogP contribution in [0.4, 0.5) is 11.4 Å². The van der Waals surface area contributed by atoms with Gasteiger partial charge in [0.25, 0.3) is 5.56 Å². The van der Waals surface area contributed by atoms with E-state index >= 15 is 0 Å². The largest absolute Gasteiger partial charge is 0.505 e. The van der Waals surface area contributed by atoms with E-state index in [0.29, 0.717) is 29.0 Å². The number of nitrogens with one attached hydrogen (secondary N) is 2. The molecule has 2 aliphatic rings. The minimum Gasteiger partial charge on any atom is -0.505 e. The lowest BCUT2D eigenvalue weighted by atomic mass is 10.1. The molecular formula is C21H22N5O5PS2. The Morgan fingerprint density at radius 2 is 2.12 bits per heavy atom. The van der Waals surface area contributed by atoms with Gasteiger partial charge in [0, 0.05) is 23.2 Å². The standard InChI is InChI=1S/C21H22N5O5PS2/c1-34(30,31)25-14-4-5-15-16(10-14)32(29)24-20(22-15)17-19(27)18(13-7-9-33-11-13)23-26(21(17)28)8-6-12-2-3-12/h4-5,7,9-12,25,27,29H,2-3,6,8H2,1H3,(H,22,24). The Morgan fingerprint density at radius 1 is 1.32 bits per heavy atom. The third-order valence-electron chi connectivity index (χ3n) is 5.57. The van der Waals surface area contributed by atoms with Crippen molar-refractivity contribution < 1.29 is 18.4 Å². The van der Waals surface area contributed by atoms with Crippen molar-refractivity contribution in [3.63, 3.8) is 0 Å². The topological polar surface area (TPSA) is 146 Å². The molecule has 1 saturated carbocycles. The van der Waals surface area contributed by atoms with E-state index in [1.54, 1.807) is 6.07 Å². The summed E-state index contributed by atoms with van der Waals surface area (Å²) < 4.78 is 31.1. The van der Waals surface area contributed by atoms with E-state index in [1.165, 1.54) is 28.2 Å². The Hall–Kier alpha value is -2.79. The maximum Gasteiger partial charge on any atom is 0.281 e. The third-order valence-corrected chi connectivity index (χ3v) is 8.05. The van der Waals surface area contributed by atoms with Crippen molar-refractivity contribution in [2.75, 3.05) is 16.3 Å².